The molecular weight excluding hydrogens is 604 g/mol. The molecule has 0 aliphatic carbocycles. The molecular formula is C25H30Cl2IN3O4. The molecule has 3 aromatic rings. The van der Waals surface area contributed by atoms with E-state index in [1.165, 1.54) is 4.68 Å². The van der Waals surface area contributed by atoms with Gasteiger partial charge in [-0.25, -0.2) is 4.68 Å². The number of aliphatic hydroxyl groups excluding tert-OH is 2. The van der Waals surface area contributed by atoms with Gasteiger partial charge in [0, 0.05) is 17.2 Å². The van der Waals surface area contributed by atoms with Crippen molar-refractivity contribution in [2.45, 2.75) is 45.4 Å². The number of hydrogen-bond donors (Lipinski definition) is 2. The Kier molecular flexibility index (Phi) is 10.1. The number of rotatable bonds is 12. The van der Waals surface area contributed by atoms with E-state index >= 15 is 0 Å². The van der Waals surface area contributed by atoms with Crippen molar-refractivity contribution in [2.75, 3.05) is 19.1 Å². The van der Waals surface area contributed by atoms with Crippen LogP contribution in [0.1, 0.15) is 37.6 Å². The summed E-state index contributed by atoms with van der Waals surface area (Å²) < 4.78 is 13.7. The third-order valence-corrected chi connectivity index (χ3v) is 7.44. The molecule has 0 saturated heterocycles. The van der Waals surface area contributed by atoms with Crippen LogP contribution in [0.5, 0.6) is 11.5 Å². The molecule has 0 fully saturated rings. The van der Waals surface area contributed by atoms with E-state index in [4.69, 9.17) is 32.7 Å². The Morgan fingerprint density at radius 1 is 1.09 bits per heavy atom. The molecule has 1 heterocycles. The number of alkyl halides is 1. The van der Waals surface area contributed by atoms with Gasteiger partial charge in [0.05, 0.1) is 30.5 Å². The molecule has 3 rings (SSSR count). The molecule has 0 spiro atoms. The van der Waals surface area contributed by atoms with Crippen LogP contribution in [-0.4, -0.2) is 50.4 Å². The van der Waals surface area contributed by atoms with Crippen LogP contribution in [0.15, 0.2) is 42.5 Å². The maximum absolute atomic E-state index is 10.3. The third-order valence-electron chi connectivity index (χ3n) is 5.78. The number of benzene rings is 2. The number of aromatic nitrogens is 3. The summed E-state index contributed by atoms with van der Waals surface area (Å²) in [4.78, 5) is 0. The number of nitrogens with zero attached hydrogens (tertiary/aromatic N) is 3. The van der Waals surface area contributed by atoms with Gasteiger partial charge in [0.2, 0.25) is 0 Å². The van der Waals surface area contributed by atoms with Crippen LogP contribution in [0, 0.1) is 9.62 Å². The molecule has 0 aliphatic heterocycles. The van der Waals surface area contributed by atoms with Crippen molar-refractivity contribution >= 4 is 45.8 Å². The summed E-state index contributed by atoms with van der Waals surface area (Å²) in [6.07, 6.45) is -0.802. The Labute approximate surface area is 229 Å². The fourth-order valence-corrected chi connectivity index (χ4v) is 4.34. The lowest BCUT2D eigenvalue weighted by Crippen LogP contribution is -2.25. The lowest BCUT2D eigenvalue weighted by atomic mass is 9.78. The van der Waals surface area contributed by atoms with E-state index in [2.05, 4.69) is 24.2 Å². The maximum atomic E-state index is 10.3. The highest BCUT2D eigenvalue weighted by molar-refractivity contribution is 14.1. The molecule has 2 atom stereocenters. The van der Waals surface area contributed by atoms with E-state index in [0.717, 1.165) is 11.1 Å². The number of halogens is 3. The van der Waals surface area contributed by atoms with Gasteiger partial charge in [-0.3, -0.25) is 0 Å². The van der Waals surface area contributed by atoms with Gasteiger partial charge in [0.15, 0.2) is 0 Å². The number of ether oxygens (including phenoxy) is 2. The topological polar surface area (TPSA) is 89.6 Å². The molecule has 2 N–H and O–H groups in total. The molecule has 35 heavy (non-hydrogen) atoms. The Morgan fingerprint density at radius 3 is 2.40 bits per heavy atom. The average molecular weight is 634 g/mol. The Hall–Kier alpha value is -1.59. The number of aliphatic hydroxyl groups is 2. The van der Waals surface area contributed by atoms with Gasteiger partial charge < -0.3 is 19.7 Å². The molecule has 10 heteroatoms. The smallest absolute Gasteiger partial charge is 0.149 e. The highest BCUT2D eigenvalue weighted by Gasteiger charge is 2.24. The van der Waals surface area contributed by atoms with Crippen LogP contribution in [0.2, 0.25) is 5.02 Å². The van der Waals surface area contributed by atoms with Gasteiger partial charge >= 0.3 is 0 Å². The Balaban J connectivity index is 1.61. The summed E-state index contributed by atoms with van der Waals surface area (Å²) in [7, 11) is 0. The second-order valence-electron chi connectivity index (χ2n) is 9.00. The van der Waals surface area contributed by atoms with Crippen molar-refractivity contribution in [2.24, 2.45) is 5.92 Å². The quantitative estimate of drug-likeness (QED) is 0.214. The highest BCUT2D eigenvalue weighted by Crippen LogP contribution is 2.36. The summed E-state index contributed by atoms with van der Waals surface area (Å²) in [5, 5.41) is 28.2. The van der Waals surface area contributed by atoms with Gasteiger partial charge in [-0.1, -0.05) is 55.8 Å². The predicted octanol–water partition coefficient (Wildman–Crippen LogP) is 5.05. The lowest BCUT2D eigenvalue weighted by Gasteiger charge is -2.27. The molecule has 190 valence electrons. The van der Waals surface area contributed by atoms with E-state index in [0.29, 0.717) is 38.4 Å². The normalized spacial score (nSPS) is 13.5. The molecule has 2 aromatic carbocycles. The SMILES string of the molecule is C[C@@H](CCl)COc1ccc(C(C)(C)c2ccc(OC[C@H](O)Cn3nnc(I)c3CO)cc2)cc1Cl. The predicted molar refractivity (Wildman–Crippen MR) is 146 cm³/mol. The monoisotopic (exact) mass is 633 g/mol. The van der Waals surface area contributed by atoms with E-state index < -0.39 is 6.10 Å². The lowest BCUT2D eigenvalue weighted by molar-refractivity contribution is 0.0866. The van der Waals surface area contributed by atoms with Crippen molar-refractivity contribution < 1.29 is 19.7 Å². The van der Waals surface area contributed by atoms with Gasteiger partial charge in [0.25, 0.3) is 0 Å². The third kappa shape index (κ3) is 7.22. The van der Waals surface area contributed by atoms with Crippen molar-refractivity contribution in [3.8, 4) is 11.5 Å². The van der Waals surface area contributed by atoms with Gasteiger partial charge in [-0.05, 0) is 58.0 Å². The number of hydrogen-bond acceptors (Lipinski definition) is 6. The zero-order valence-corrected chi connectivity index (χ0v) is 23.6. The minimum absolute atomic E-state index is 0.0868. The zero-order valence-electron chi connectivity index (χ0n) is 19.9. The summed E-state index contributed by atoms with van der Waals surface area (Å²) in [6.45, 7) is 6.88. The molecule has 7 nitrogen and oxygen atoms in total. The highest BCUT2D eigenvalue weighted by atomic mass is 127. The van der Waals surface area contributed by atoms with Gasteiger partial charge in [0.1, 0.15) is 27.9 Å². The molecule has 0 unspecified atom stereocenters. The minimum Gasteiger partial charge on any atom is -0.492 e. The van der Waals surface area contributed by atoms with Gasteiger partial charge in [-0.15, -0.1) is 16.7 Å². The summed E-state index contributed by atoms with van der Waals surface area (Å²) >= 11 is 14.3. The second-order valence-corrected chi connectivity index (χ2v) is 10.7. The minimum atomic E-state index is -0.802. The summed E-state index contributed by atoms with van der Waals surface area (Å²) in [6, 6.07) is 13.6. The zero-order chi connectivity index (χ0) is 25.6. The van der Waals surface area contributed by atoms with E-state index in [-0.39, 0.29) is 31.1 Å². The molecule has 0 bridgehead atoms. The summed E-state index contributed by atoms with van der Waals surface area (Å²) in [5.41, 5.74) is 2.43. The van der Waals surface area contributed by atoms with Crippen molar-refractivity contribution in [3.63, 3.8) is 0 Å². The van der Waals surface area contributed by atoms with E-state index in [1.807, 2.05) is 72.0 Å². The first-order valence-electron chi connectivity index (χ1n) is 11.2. The van der Waals surface area contributed by atoms with Crippen LogP contribution in [0.3, 0.4) is 0 Å². The molecule has 0 aliphatic rings. The van der Waals surface area contributed by atoms with Crippen LogP contribution in [-0.2, 0) is 18.6 Å². The first-order chi connectivity index (χ1) is 16.6. The van der Waals surface area contributed by atoms with Crippen molar-refractivity contribution in [1.29, 1.82) is 0 Å². The van der Waals surface area contributed by atoms with Crippen LogP contribution >= 0.6 is 45.8 Å². The molecule has 0 amide bonds. The molecule has 1 aromatic heterocycles. The fraction of sp³-hybridized carbons (Fsp3) is 0.440. The first-order valence-corrected chi connectivity index (χ1v) is 13.2. The van der Waals surface area contributed by atoms with Crippen LogP contribution in [0.25, 0.3) is 0 Å². The molecule has 0 saturated carbocycles. The second kappa shape index (κ2) is 12.6. The van der Waals surface area contributed by atoms with Crippen LogP contribution < -0.4 is 9.47 Å². The Morgan fingerprint density at radius 2 is 1.77 bits per heavy atom. The standard InChI is InChI=1S/C25H30Cl2IN3O4/c1-16(11-26)14-35-23-9-6-18(10-21(23)27)25(2,3)17-4-7-20(8-5-17)34-15-19(33)12-31-22(13-32)24(28)29-30-31/h4-10,16,19,32-33H,11-15H2,1-3H3/t16-,19+/m0/s1. The first kappa shape index (κ1) is 28.0. The molecule has 0 radical (unpaired) electrons. The fourth-order valence-electron chi connectivity index (χ4n) is 3.47. The summed E-state index contributed by atoms with van der Waals surface area (Å²) in [5.74, 6) is 2.08. The Bertz CT molecular complexity index is 1110. The van der Waals surface area contributed by atoms with Gasteiger partial charge in [-0.2, -0.15) is 0 Å². The average Bonchev–Trinajstić information content (AvgIpc) is 3.20. The van der Waals surface area contributed by atoms with Crippen molar-refractivity contribution in [3.05, 3.63) is 68.0 Å². The van der Waals surface area contributed by atoms with E-state index in [1.54, 1.807) is 0 Å². The van der Waals surface area contributed by atoms with E-state index in [9.17, 15) is 10.2 Å². The van der Waals surface area contributed by atoms with Crippen molar-refractivity contribution in [1.82, 2.24) is 15.0 Å². The van der Waals surface area contributed by atoms with Crippen LogP contribution in [0.4, 0.5) is 0 Å². The maximum Gasteiger partial charge on any atom is 0.149 e. The largest absolute Gasteiger partial charge is 0.492 e.